The number of halogens is 2. The number of benzene rings is 1. The van der Waals surface area contributed by atoms with Gasteiger partial charge in [-0.3, -0.25) is 4.79 Å². The first-order valence-corrected chi connectivity index (χ1v) is 8.05. The molecule has 0 aliphatic heterocycles. The molecule has 0 saturated carbocycles. The Kier molecular flexibility index (Phi) is 5.46. The molecule has 2 N–H and O–H groups in total. The number of carbonyl (C=O) groups excluding carboxylic acids is 1. The van der Waals surface area contributed by atoms with Crippen LogP contribution in [0, 0.1) is 0 Å². The van der Waals surface area contributed by atoms with E-state index >= 15 is 0 Å². The molecule has 3 nitrogen and oxygen atoms in total. The van der Waals surface area contributed by atoms with Gasteiger partial charge in [0.05, 0.1) is 6.42 Å². The Balaban J connectivity index is 2.07. The van der Waals surface area contributed by atoms with Crippen molar-refractivity contribution in [2.75, 3.05) is 12.4 Å². The van der Waals surface area contributed by atoms with Gasteiger partial charge in [-0.05, 0) is 33.6 Å². The van der Waals surface area contributed by atoms with Crippen LogP contribution in [0.2, 0.25) is 4.34 Å². The molecular weight excluding hydrogens is 360 g/mol. The first-order chi connectivity index (χ1) is 9.60. The quantitative estimate of drug-likeness (QED) is 0.829. The SMILES string of the molecule is CNC(=O)Cc1ccccc1NCc1cc(Br)c(Cl)s1. The van der Waals surface area contributed by atoms with Crippen molar-refractivity contribution in [3.8, 4) is 0 Å². The lowest BCUT2D eigenvalue weighted by Gasteiger charge is -2.10. The monoisotopic (exact) mass is 372 g/mol. The number of para-hydroxylation sites is 1. The fourth-order valence-corrected chi connectivity index (χ4v) is 3.50. The Morgan fingerprint density at radius 3 is 2.80 bits per heavy atom. The van der Waals surface area contributed by atoms with Crippen molar-refractivity contribution in [2.45, 2.75) is 13.0 Å². The van der Waals surface area contributed by atoms with Gasteiger partial charge in [0.15, 0.2) is 0 Å². The summed E-state index contributed by atoms with van der Waals surface area (Å²) in [5.74, 6) is 0.00108. The van der Waals surface area contributed by atoms with Gasteiger partial charge in [0, 0.05) is 28.6 Å². The van der Waals surface area contributed by atoms with Gasteiger partial charge in [-0.25, -0.2) is 0 Å². The van der Waals surface area contributed by atoms with E-state index in [1.807, 2.05) is 30.3 Å². The van der Waals surface area contributed by atoms with Crippen molar-refractivity contribution in [1.82, 2.24) is 5.32 Å². The topological polar surface area (TPSA) is 41.1 Å². The minimum Gasteiger partial charge on any atom is -0.380 e. The number of rotatable bonds is 5. The van der Waals surface area contributed by atoms with Gasteiger partial charge >= 0.3 is 0 Å². The highest BCUT2D eigenvalue weighted by molar-refractivity contribution is 9.10. The Hall–Kier alpha value is -1.04. The minimum absolute atomic E-state index is 0.00108. The van der Waals surface area contributed by atoms with Crippen molar-refractivity contribution in [2.24, 2.45) is 0 Å². The molecular formula is C14H14BrClN2OS. The van der Waals surface area contributed by atoms with Crippen LogP contribution in [0.15, 0.2) is 34.8 Å². The van der Waals surface area contributed by atoms with Crippen LogP contribution in [-0.4, -0.2) is 13.0 Å². The number of hydrogen-bond donors (Lipinski definition) is 2. The number of amides is 1. The summed E-state index contributed by atoms with van der Waals surface area (Å²) in [6, 6.07) is 9.81. The summed E-state index contributed by atoms with van der Waals surface area (Å²) in [5, 5.41) is 5.99. The molecule has 1 aromatic heterocycles. The highest BCUT2D eigenvalue weighted by atomic mass is 79.9. The standard InChI is InChI=1S/C14H14BrClN2OS/c1-17-13(19)6-9-4-2-3-5-12(9)18-8-10-7-11(15)14(16)20-10/h2-5,7,18H,6,8H2,1H3,(H,17,19). The second-order valence-electron chi connectivity index (χ2n) is 4.20. The van der Waals surface area contributed by atoms with Gasteiger partial charge in [0.2, 0.25) is 5.91 Å². The van der Waals surface area contributed by atoms with Crippen molar-refractivity contribution < 1.29 is 4.79 Å². The van der Waals surface area contributed by atoms with Crippen molar-refractivity contribution in [1.29, 1.82) is 0 Å². The predicted octanol–water partition coefficient (Wildman–Crippen LogP) is 4.06. The molecule has 0 radical (unpaired) electrons. The number of hydrogen-bond acceptors (Lipinski definition) is 3. The third kappa shape index (κ3) is 3.98. The molecule has 0 saturated heterocycles. The van der Waals surface area contributed by atoms with Crippen LogP contribution < -0.4 is 10.6 Å². The van der Waals surface area contributed by atoms with E-state index in [9.17, 15) is 4.79 Å². The van der Waals surface area contributed by atoms with E-state index in [4.69, 9.17) is 11.6 Å². The first kappa shape index (κ1) is 15.4. The van der Waals surface area contributed by atoms with Gasteiger partial charge in [-0.15, -0.1) is 11.3 Å². The molecule has 6 heteroatoms. The van der Waals surface area contributed by atoms with Crippen molar-refractivity contribution >= 4 is 50.5 Å². The summed E-state index contributed by atoms with van der Waals surface area (Å²) < 4.78 is 1.67. The molecule has 20 heavy (non-hydrogen) atoms. The molecule has 2 rings (SSSR count). The molecule has 1 heterocycles. The Labute approximate surface area is 135 Å². The van der Waals surface area contributed by atoms with Gasteiger partial charge < -0.3 is 10.6 Å². The number of likely N-dealkylation sites (N-methyl/N-ethyl adjacent to an activating group) is 1. The zero-order valence-corrected chi connectivity index (χ0v) is 14.0. The normalized spacial score (nSPS) is 10.3. The summed E-state index contributed by atoms with van der Waals surface area (Å²) in [4.78, 5) is 12.6. The third-order valence-electron chi connectivity index (χ3n) is 2.80. The molecule has 1 amide bonds. The van der Waals surface area contributed by atoms with Crippen LogP contribution in [0.3, 0.4) is 0 Å². The number of nitrogens with one attached hydrogen (secondary N) is 2. The fraction of sp³-hybridized carbons (Fsp3) is 0.214. The zero-order valence-electron chi connectivity index (χ0n) is 10.9. The van der Waals surface area contributed by atoms with Crippen LogP contribution >= 0.6 is 38.9 Å². The molecule has 0 aliphatic rings. The van der Waals surface area contributed by atoms with E-state index in [2.05, 4.69) is 26.6 Å². The lowest BCUT2D eigenvalue weighted by Crippen LogP contribution is -2.20. The predicted molar refractivity (Wildman–Crippen MR) is 88.6 cm³/mol. The summed E-state index contributed by atoms with van der Waals surface area (Å²) in [6.45, 7) is 0.681. The van der Waals surface area contributed by atoms with Gasteiger partial charge in [-0.1, -0.05) is 29.8 Å². The van der Waals surface area contributed by atoms with E-state index < -0.39 is 0 Å². The molecule has 0 fully saturated rings. The molecule has 0 atom stereocenters. The molecule has 0 spiro atoms. The maximum atomic E-state index is 11.5. The largest absolute Gasteiger partial charge is 0.380 e. The second kappa shape index (κ2) is 7.11. The summed E-state index contributed by atoms with van der Waals surface area (Å²) in [5.41, 5.74) is 1.95. The Bertz CT molecular complexity index is 595. The highest BCUT2D eigenvalue weighted by Gasteiger charge is 2.08. The summed E-state index contributed by atoms with van der Waals surface area (Å²) in [7, 11) is 1.64. The van der Waals surface area contributed by atoms with Crippen molar-refractivity contribution in [3.63, 3.8) is 0 Å². The van der Waals surface area contributed by atoms with Crippen LogP contribution in [0.5, 0.6) is 0 Å². The van der Waals surface area contributed by atoms with E-state index in [1.54, 1.807) is 7.05 Å². The minimum atomic E-state index is 0.00108. The lowest BCUT2D eigenvalue weighted by atomic mass is 10.1. The van der Waals surface area contributed by atoms with Crippen LogP contribution in [0.4, 0.5) is 5.69 Å². The third-order valence-corrected chi connectivity index (χ3v) is 5.27. The Morgan fingerprint density at radius 2 is 2.15 bits per heavy atom. The van der Waals surface area contributed by atoms with Gasteiger partial charge in [0.1, 0.15) is 4.34 Å². The number of anilines is 1. The molecule has 106 valence electrons. The maximum Gasteiger partial charge on any atom is 0.224 e. The average Bonchev–Trinajstić information content (AvgIpc) is 2.76. The van der Waals surface area contributed by atoms with Crippen LogP contribution in [-0.2, 0) is 17.8 Å². The molecule has 0 unspecified atom stereocenters. The smallest absolute Gasteiger partial charge is 0.224 e. The van der Waals surface area contributed by atoms with E-state index in [1.165, 1.54) is 11.3 Å². The van der Waals surface area contributed by atoms with Crippen molar-refractivity contribution in [3.05, 3.63) is 49.6 Å². The lowest BCUT2D eigenvalue weighted by molar-refractivity contribution is -0.119. The summed E-state index contributed by atoms with van der Waals surface area (Å²) in [6.07, 6.45) is 0.370. The average molecular weight is 374 g/mol. The second-order valence-corrected chi connectivity index (χ2v) is 6.79. The van der Waals surface area contributed by atoms with E-state index in [0.29, 0.717) is 13.0 Å². The van der Waals surface area contributed by atoms with Crippen LogP contribution in [0.1, 0.15) is 10.4 Å². The van der Waals surface area contributed by atoms with E-state index in [0.717, 1.165) is 24.9 Å². The molecule has 1 aromatic carbocycles. The number of thiophene rings is 1. The van der Waals surface area contributed by atoms with Gasteiger partial charge in [-0.2, -0.15) is 0 Å². The highest BCUT2D eigenvalue weighted by Crippen LogP contribution is 2.32. The maximum absolute atomic E-state index is 11.5. The Morgan fingerprint density at radius 1 is 1.40 bits per heavy atom. The van der Waals surface area contributed by atoms with Gasteiger partial charge in [0.25, 0.3) is 0 Å². The van der Waals surface area contributed by atoms with Crippen LogP contribution in [0.25, 0.3) is 0 Å². The fourth-order valence-electron chi connectivity index (χ4n) is 1.77. The molecule has 0 aliphatic carbocycles. The first-order valence-electron chi connectivity index (χ1n) is 6.06. The summed E-state index contributed by atoms with van der Waals surface area (Å²) >= 11 is 11.0. The zero-order chi connectivity index (χ0) is 14.5. The molecule has 0 bridgehead atoms. The van der Waals surface area contributed by atoms with E-state index in [-0.39, 0.29) is 5.91 Å². The number of carbonyl (C=O) groups is 1. The molecule has 2 aromatic rings.